The number of carbonyl (C=O) groups excluding carboxylic acids is 1. The Morgan fingerprint density at radius 1 is 1.14 bits per heavy atom. The molecule has 3 aromatic rings. The number of fused-ring (bicyclic) bond motifs is 1. The number of ether oxygens (including phenoxy) is 1. The lowest BCUT2D eigenvalue weighted by Crippen LogP contribution is -2.38. The molecule has 1 amide bonds. The molecule has 0 saturated carbocycles. The summed E-state index contributed by atoms with van der Waals surface area (Å²) in [4.78, 5) is 15.5. The molecule has 1 aliphatic heterocycles. The highest BCUT2D eigenvalue weighted by Crippen LogP contribution is 2.32. The van der Waals surface area contributed by atoms with Gasteiger partial charge in [-0.1, -0.05) is 18.9 Å². The van der Waals surface area contributed by atoms with E-state index in [1.54, 1.807) is 41.3 Å². The first-order valence-electron chi connectivity index (χ1n) is 14.2. The average molecular weight is 585 g/mol. The quantitative estimate of drug-likeness (QED) is 0.211. The van der Waals surface area contributed by atoms with E-state index in [-0.39, 0.29) is 12.6 Å². The highest BCUT2D eigenvalue weighted by Gasteiger charge is 2.30. The second-order valence-electron chi connectivity index (χ2n) is 10.3. The van der Waals surface area contributed by atoms with Crippen LogP contribution < -0.4 is 25.6 Å². The zero-order valence-electron chi connectivity index (χ0n) is 24.4. The second-order valence-corrected chi connectivity index (χ2v) is 10.3. The van der Waals surface area contributed by atoms with Gasteiger partial charge in [0.05, 0.1) is 30.6 Å². The number of nitrogens with zero attached hydrogens (tertiary/aromatic N) is 3. The highest BCUT2D eigenvalue weighted by molar-refractivity contribution is 5.94. The van der Waals surface area contributed by atoms with Gasteiger partial charge in [0.2, 0.25) is 6.41 Å². The highest BCUT2D eigenvalue weighted by atomic mass is 19.4. The Kier molecular flexibility index (Phi) is 10.6. The van der Waals surface area contributed by atoms with Crippen LogP contribution in [0.1, 0.15) is 25.5 Å². The molecule has 8 nitrogen and oxygen atoms in total. The Morgan fingerprint density at radius 2 is 1.93 bits per heavy atom. The van der Waals surface area contributed by atoms with Gasteiger partial charge in [0.1, 0.15) is 12.3 Å². The van der Waals surface area contributed by atoms with Crippen LogP contribution in [0, 0.1) is 11.8 Å². The molecule has 1 saturated heterocycles. The van der Waals surface area contributed by atoms with E-state index in [1.807, 2.05) is 13.1 Å². The van der Waals surface area contributed by atoms with Crippen molar-refractivity contribution in [1.82, 2.24) is 14.8 Å². The number of anilines is 3. The van der Waals surface area contributed by atoms with E-state index < -0.39 is 12.7 Å². The number of amides is 1. The van der Waals surface area contributed by atoms with Crippen LogP contribution in [0.15, 0.2) is 42.5 Å². The molecule has 1 aromatic heterocycles. The molecule has 3 N–H and O–H groups in total. The standard InChI is InChI=1S/C31H39F3N6O2/c1-4-38-16-12-23(13-17-38)37-27-8-5-9-29-26(27)19-25(40(29)21-31(32,33)34)7-6-14-36-28-11-10-24(20-30(28)42-3)39(22-41)18-15-35-2/h5,8-11,19-20,22-23,35-37H,4,12-18,21H2,1-3H3. The van der Waals surface area contributed by atoms with Crippen molar-refractivity contribution in [2.45, 2.75) is 38.5 Å². The number of likely N-dealkylation sites (tertiary alicyclic amines) is 1. The van der Waals surface area contributed by atoms with Crippen LogP contribution in [0.5, 0.6) is 5.75 Å². The zero-order chi connectivity index (χ0) is 30.1. The number of benzene rings is 2. The molecule has 0 spiro atoms. The third-order valence-electron chi connectivity index (χ3n) is 7.51. The first kappa shape index (κ1) is 31.1. The first-order chi connectivity index (χ1) is 20.3. The lowest BCUT2D eigenvalue weighted by molar-refractivity contribution is -0.140. The number of carbonyl (C=O) groups is 1. The Labute approximate surface area is 245 Å². The fraction of sp³-hybridized carbons (Fsp3) is 0.452. The first-order valence-corrected chi connectivity index (χ1v) is 14.2. The normalized spacial score (nSPS) is 14.3. The lowest BCUT2D eigenvalue weighted by atomic mass is 10.0. The van der Waals surface area contributed by atoms with Crippen molar-refractivity contribution < 1.29 is 22.7 Å². The molecule has 1 aliphatic rings. The SMILES string of the molecule is CCN1CCC(Nc2cccc3c2cc(C#CCNc2ccc(N(C=O)CCNC)cc2OC)n3CC(F)(F)F)CC1. The number of hydrogen-bond donors (Lipinski definition) is 3. The summed E-state index contributed by atoms with van der Waals surface area (Å²) < 4.78 is 47.5. The van der Waals surface area contributed by atoms with Gasteiger partial charge in [0, 0.05) is 55.0 Å². The fourth-order valence-corrected chi connectivity index (χ4v) is 5.23. The van der Waals surface area contributed by atoms with E-state index in [9.17, 15) is 18.0 Å². The number of piperidine rings is 1. The molecule has 0 aliphatic carbocycles. The van der Waals surface area contributed by atoms with Crippen LogP contribution in [0.25, 0.3) is 10.9 Å². The van der Waals surface area contributed by atoms with Crippen molar-refractivity contribution in [3.63, 3.8) is 0 Å². The van der Waals surface area contributed by atoms with Gasteiger partial charge in [-0.25, -0.2) is 0 Å². The van der Waals surface area contributed by atoms with Gasteiger partial charge in [-0.3, -0.25) is 4.79 Å². The minimum Gasteiger partial charge on any atom is -0.495 e. The van der Waals surface area contributed by atoms with Crippen molar-refractivity contribution in [2.24, 2.45) is 0 Å². The summed E-state index contributed by atoms with van der Waals surface area (Å²) in [7, 11) is 3.34. The molecule has 0 atom stereocenters. The van der Waals surface area contributed by atoms with Gasteiger partial charge in [0.25, 0.3) is 0 Å². The molecule has 2 aromatic carbocycles. The van der Waals surface area contributed by atoms with Gasteiger partial charge >= 0.3 is 6.18 Å². The van der Waals surface area contributed by atoms with Crippen molar-refractivity contribution >= 4 is 34.4 Å². The van der Waals surface area contributed by atoms with E-state index >= 15 is 0 Å². The van der Waals surface area contributed by atoms with Crippen molar-refractivity contribution in [1.29, 1.82) is 0 Å². The van der Waals surface area contributed by atoms with Crippen LogP contribution in [0.4, 0.5) is 30.2 Å². The number of aromatic nitrogens is 1. The van der Waals surface area contributed by atoms with E-state index in [4.69, 9.17) is 4.74 Å². The minimum absolute atomic E-state index is 0.182. The number of likely N-dealkylation sites (N-methyl/N-ethyl adjacent to an activating group) is 1. The van der Waals surface area contributed by atoms with Gasteiger partial charge in [-0.2, -0.15) is 13.2 Å². The predicted molar refractivity (Wildman–Crippen MR) is 162 cm³/mol. The maximum absolute atomic E-state index is 13.6. The summed E-state index contributed by atoms with van der Waals surface area (Å²) in [5.74, 6) is 6.45. The van der Waals surface area contributed by atoms with Crippen LogP contribution in [0.3, 0.4) is 0 Å². The molecule has 42 heavy (non-hydrogen) atoms. The predicted octanol–water partition coefficient (Wildman–Crippen LogP) is 4.75. The molecule has 2 heterocycles. The van der Waals surface area contributed by atoms with E-state index in [2.05, 4.69) is 39.6 Å². The number of rotatable bonds is 12. The lowest BCUT2D eigenvalue weighted by Gasteiger charge is -2.32. The maximum atomic E-state index is 13.6. The minimum atomic E-state index is -4.39. The Hall–Kier alpha value is -3.88. The molecule has 1 fully saturated rings. The smallest absolute Gasteiger partial charge is 0.406 e. The van der Waals surface area contributed by atoms with Crippen molar-refractivity contribution in [3.8, 4) is 17.6 Å². The molecule has 11 heteroatoms. The summed E-state index contributed by atoms with van der Waals surface area (Å²) in [5.41, 5.74) is 2.97. The third-order valence-corrected chi connectivity index (χ3v) is 7.51. The van der Waals surface area contributed by atoms with Crippen molar-refractivity contribution in [2.75, 3.05) is 69.0 Å². The monoisotopic (exact) mass is 584 g/mol. The Balaban J connectivity index is 1.54. The molecular weight excluding hydrogens is 545 g/mol. The summed E-state index contributed by atoms with van der Waals surface area (Å²) in [5, 5.41) is 10.5. The van der Waals surface area contributed by atoms with Crippen LogP contribution in [-0.4, -0.2) is 81.5 Å². The zero-order valence-corrected chi connectivity index (χ0v) is 24.4. The summed E-state index contributed by atoms with van der Waals surface area (Å²) in [6, 6.07) is 12.8. The molecule has 0 radical (unpaired) electrons. The molecule has 4 rings (SSSR count). The fourth-order valence-electron chi connectivity index (χ4n) is 5.23. The third kappa shape index (κ3) is 7.89. The topological polar surface area (TPSA) is 73.8 Å². The van der Waals surface area contributed by atoms with Gasteiger partial charge in [-0.15, -0.1) is 0 Å². The van der Waals surface area contributed by atoms with Gasteiger partial charge in [0.15, 0.2) is 0 Å². The Bertz CT molecular complexity index is 1400. The molecule has 0 unspecified atom stereocenters. The number of methoxy groups -OCH3 is 1. The number of halogens is 3. The van der Waals surface area contributed by atoms with Crippen molar-refractivity contribution in [3.05, 3.63) is 48.2 Å². The largest absolute Gasteiger partial charge is 0.495 e. The van der Waals surface area contributed by atoms with E-state index in [1.165, 1.54) is 11.7 Å². The maximum Gasteiger partial charge on any atom is 0.406 e. The molecule has 226 valence electrons. The van der Waals surface area contributed by atoms with Crippen LogP contribution in [-0.2, 0) is 11.3 Å². The number of alkyl halides is 3. The van der Waals surface area contributed by atoms with Gasteiger partial charge in [-0.05, 0) is 62.7 Å². The van der Waals surface area contributed by atoms with E-state index in [0.717, 1.165) is 50.0 Å². The second kappa shape index (κ2) is 14.3. The van der Waals surface area contributed by atoms with Gasteiger partial charge < -0.3 is 35.1 Å². The summed E-state index contributed by atoms with van der Waals surface area (Å²) in [6.07, 6.45) is -1.66. The summed E-state index contributed by atoms with van der Waals surface area (Å²) in [6.45, 7) is 5.37. The molecule has 0 bridgehead atoms. The van der Waals surface area contributed by atoms with Crippen LogP contribution >= 0.6 is 0 Å². The number of nitrogens with one attached hydrogen (secondary N) is 3. The number of hydrogen-bond acceptors (Lipinski definition) is 6. The Morgan fingerprint density at radius 3 is 2.60 bits per heavy atom. The van der Waals surface area contributed by atoms with E-state index in [0.29, 0.717) is 41.4 Å². The summed E-state index contributed by atoms with van der Waals surface area (Å²) >= 11 is 0. The van der Waals surface area contributed by atoms with Crippen LogP contribution in [0.2, 0.25) is 0 Å². The molecular formula is C31H39F3N6O2. The average Bonchev–Trinajstić information content (AvgIpc) is 3.33.